The van der Waals surface area contributed by atoms with Crippen molar-refractivity contribution in [2.45, 2.75) is 59.0 Å². The average molecular weight is 415 g/mol. The number of hydrogen-bond acceptors (Lipinski definition) is 2. The van der Waals surface area contributed by atoms with Crippen LogP contribution in [-0.4, -0.2) is 29.3 Å². The Kier molecular flexibility index (Phi) is 9.20. The third kappa shape index (κ3) is 6.90. The molecule has 0 unspecified atom stereocenters. The number of halogens is 1. The van der Waals surface area contributed by atoms with Crippen LogP contribution in [0.4, 0.5) is 0 Å². The van der Waals surface area contributed by atoms with Crippen LogP contribution < -0.4 is 5.32 Å². The minimum absolute atomic E-state index is 0.0775. The number of benzene rings is 2. The summed E-state index contributed by atoms with van der Waals surface area (Å²) >= 11 is 6.34. The molecule has 2 aromatic carbocycles. The monoisotopic (exact) mass is 414 g/mol. The van der Waals surface area contributed by atoms with Crippen molar-refractivity contribution in [2.75, 3.05) is 6.54 Å². The topological polar surface area (TPSA) is 49.4 Å². The van der Waals surface area contributed by atoms with Crippen molar-refractivity contribution in [3.63, 3.8) is 0 Å². The summed E-state index contributed by atoms with van der Waals surface area (Å²) in [5.41, 5.74) is 2.92. The van der Waals surface area contributed by atoms with Crippen molar-refractivity contribution in [1.82, 2.24) is 10.2 Å². The first-order chi connectivity index (χ1) is 14.0. The van der Waals surface area contributed by atoms with Gasteiger partial charge in [-0.2, -0.15) is 0 Å². The first-order valence-electron chi connectivity index (χ1n) is 10.3. The van der Waals surface area contributed by atoms with Crippen LogP contribution >= 0.6 is 11.6 Å². The third-order valence-corrected chi connectivity index (χ3v) is 5.36. The second-order valence-electron chi connectivity index (χ2n) is 7.34. The Morgan fingerprint density at radius 3 is 2.38 bits per heavy atom. The van der Waals surface area contributed by atoms with Crippen LogP contribution in [0.3, 0.4) is 0 Å². The molecule has 0 aromatic heterocycles. The maximum absolute atomic E-state index is 13.3. The highest BCUT2D eigenvalue weighted by Gasteiger charge is 2.28. The van der Waals surface area contributed by atoms with Crippen LogP contribution in [0.5, 0.6) is 0 Å². The Balaban J connectivity index is 2.25. The molecule has 0 fully saturated rings. The van der Waals surface area contributed by atoms with Gasteiger partial charge >= 0.3 is 0 Å². The molecule has 4 nitrogen and oxygen atoms in total. The van der Waals surface area contributed by atoms with Crippen LogP contribution in [0, 0.1) is 6.92 Å². The first-order valence-corrected chi connectivity index (χ1v) is 10.7. The lowest BCUT2D eigenvalue weighted by Crippen LogP contribution is -2.49. The molecule has 29 heavy (non-hydrogen) atoms. The van der Waals surface area contributed by atoms with Crippen molar-refractivity contribution in [3.05, 3.63) is 70.2 Å². The van der Waals surface area contributed by atoms with E-state index in [0.29, 0.717) is 24.5 Å². The number of hydrogen-bond donors (Lipinski definition) is 1. The molecule has 0 aliphatic rings. The molecule has 0 spiro atoms. The Hall–Kier alpha value is -2.33. The Morgan fingerprint density at radius 1 is 1.07 bits per heavy atom. The minimum atomic E-state index is -0.527. The molecule has 156 valence electrons. The number of nitrogens with zero attached hydrogens (tertiary/aromatic N) is 1. The predicted octanol–water partition coefficient (Wildman–Crippen LogP) is 4.91. The first kappa shape index (κ1) is 23.0. The third-order valence-electron chi connectivity index (χ3n) is 4.99. The fourth-order valence-electron chi connectivity index (χ4n) is 3.22. The van der Waals surface area contributed by atoms with E-state index in [9.17, 15) is 9.59 Å². The zero-order valence-corrected chi connectivity index (χ0v) is 18.3. The number of rotatable bonds is 10. The SMILES string of the molecule is CCCCNC(=O)[C@H](CC)N(Cc1ccccc1Cl)C(=O)Cc1ccc(C)cc1. The molecule has 0 bridgehead atoms. The van der Waals surface area contributed by atoms with E-state index < -0.39 is 6.04 Å². The van der Waals surface area contributed by atoms with Crippen LogP contribution in [0.25, 0.3) is 0 Å². The Morgan fingerprint density at radius 2 is 1.76 bits per heavy atom. The van der Waals surface area contributed by atoms with Crippen molar-refractivity contribution in [2.24, 2.45) is 0 Å². The van der Waals surface area contributed by atoms with Gasteiger partial charge < -0.3 is 10.2 Å². The fraction of sp³-hybridized carbons (Fsp3) is 0.417. The molecule has 0 heterocycles. The lowest BCUT2D eigenvalue weighted by Gasteiger charge is -2.31. The lowest BCUT2D eigenvalue weighted by molar-refractivity contribution is -0.140. The summed E-state index contributed by atoms with van der Waals surface area (Å²) in [6, 6.07) is 14.8. The molecule has 2 rings (SSSR count). The highest BCUT2D eigenvalue weighted by atomic mass is 35.5. The zero-order chi connectivity index (χ0) is 21.2. The summed E-state index contributed by atoms with van der Waals surface area (Å²) < 4.78 is 0. The van der Waals surface area contributed by atoms with Crippen LogP contribution in [0.1, 0.15) is 49.8 Å². The van der Waals surface area contributed by atoms with Gasteiger partial charge in [0.15, 0.2) is 0 Å². The molecule has 2 aromatic rings. The van der Waals surface area contributed by atoms with E-state index in [1.807, 2.05) is 62.4 Å². The van der Waals surface area contributed by atoms with Gasteiger partial charge in [0.05, 0.1) is 6.42 Å². The van der Waals surface area contributed by atoms with Crippen molar-refractivity contribution in [1.29, 1.82) is 0 Å². The van der Waals surface area contributed by atoms with Crippen LogP contribution in [-0.2, 0) is 22.6 Å². The van der Waals surface area contributed by atoms with Crippen LogP contribution in [0.2, 0.25) is 5.02 Å². The van der Waals surface area contributed by atoms with Gasteiger partial charge in [-0.3, -0.25) is 9.59 Å². The molecule has 0 aliphatic heterocycles. The predicted molar refractivity (Wildman–Crippen MR) is 119 cm³/mol. The number of nitrogens with one attached hydrogen (secondary N) is 1. The van der Waals surface area contributed by atoms with Crippen molar-refractivity contribution in [3.8, 4) is 0 Å². The van der Waals surface area contributed by atoms with Gasteiger partial charge in [0.2, 0.25) is 11.8 Å². The van der Waals surface area contributed by atoms with Gasteiger partial charge in [-0.1, -0.05) is 79.9 Å². The standard InChI is InChI=1S/C24H31ClN2O2/c1-4-6-15-26-24(29)22(5-2)27(17-20-9-7-8-10-21(20)25)23(28)16-19-13-11-18(3)12-14-19/h7-14,22H,4-6,15-17H2,1-3H3,(H,26,29)/t22-/m0/s1. The highest BCUT2D eigenvalue weighted by Crippen LogP contribution is 2.20. The maximum atomic E-state index is 13.3. The molecular weight excluding hydrogens is 384 g/mol. The van der Waals surface area contributed by atoms with Crippen molar-refractivity contribution < 1.29 is 9.59 Å². The molecule has 5 heteroatoms. The van der Waals surface area contributed by atoms with Gasteiger partial charge in [0.25, 0.3) is 0 Å². The van der Waals surface area contributed by atoms with Gasteiger partial charge in [0, 0.05) is 18.1 Å². The summed E-state index contributed by atoms with van der Waals surface area (Å²) in [7, 11) is 0. The number of carbonyl (C=O) groups excluding carboxylic acids is 2. The quantitative estimate of drug-likeness (QED) is 0.561. The number of amides is 2. The van der Waals surface area contributed by atoms with Gasteiger partial charge in [-0.25, -0.2) is 0 Å². The lowest BCUT2D eigenvalue weighted by atomic mass is 10.1. The van der Waals surface area contributed by atoms with E-state index in [2.05, 4.69) is 12.2 Å². The second kappa shape index (κ2) is 11.6. The molecule has 0 saturated carbocycles. The van der Waals surface area contributed by atoms with Crippen LogP contribution in [0.15, 0.2) is 48.5 Å². The summed E-state index contributed by atoms with van der Waals surface area (Å²) in [5, 5.41) is 3.57. The van der Waals surface area contributed by atoms with E-state index in [1.165, 1.54) is 0 Å². The summed E-state index contributed by atoms with van der Waals surface area (Å²) in [5.74, 6) is -0.184. The summed E-state index contributed by atoms with van der Waals surface area (Å²) in [6.45, 7) is 6.96. The van der Waals surface area contributed by atoms with Gasteiger partial charge in [-0.15, -0.1) is 0 Å². The average Bonchev–Trinajstić information content (AvgIpc) is 2.71. The Bertz CT molecular complexity index is 805. The largest absolute Gasteiger partial charge is 0.354 e. The number of aryl methyl sites for hydroxylation is 1. The molecule has 0 aliphatic carbocycles. The zero-order valence-electron chi connectivity index (χ0n) is 17.6. The van der Waals surface area contributed by atoms with Gasteiger partial charge in [0.1, 0.15) is 6.04 Å². The molecule has 2 amide bonds. The minimum Gasteiger partial charge on any atom is -0.354 e. The Labute approximate surface area is 179 Å². The molecule has 0 saturated heterocycles. The maximum Gasteiger partial charge on any atom is 0.242 e. The van der Waals surface area contributed by atoms with E-state index in [-0.39, 0.29) is 18.2 Å². The van der Waals surface area contributed by atoms with Crippen molar-refractivity contribution >= 4 is 23.4 Å². The summed E-state index contributed by atoms with van der Waals surface area (Å²) in [4.78, 5) is 27.7. The number of unbranched alkanes of at least 4 members (excludes halogenated alkanes) is 1. The fourth-order valence-corrected chi connectivity index (χ4v) is 3.41. The highest BCUT2D eigenvalue weighted by molar-refractivity contribution is 6.31. The number of carbonyl (C=O) groups is 2. The van der Waals surface area contributed by atoms with E-state index in [0.717, 1.165) is 29.5 Å². The van der Waals surface area contributed by atoms with E-state index >= 15 is 0 Å². The van der Waals surface area contributed by atoms with E-state index in [1.54, 1.807) is 4.90 Å². The van der Waals surface area contributed by atoms with Gasteiger partial charge in [-0.05, 0) is 37.0 Å². The normalized spacial score (nSPS) is 11.7. The molecule has 1 N–H and O–H groups in total. The molecular formula is C24H31ClN2O2. The second-order valence-corrected chi connectivity index (χ2v) is 7.75. The molecule has 0 radical (unpaired) electrons. The molecule has 1 atom stereocenters. The van der Waals surface area contributed by atoms with E-state index in [4.69, 9.17) is 11.6 Å². The summed E-state index contributed by atoms with van der Waals surface area (Å²) in [6.07, 6.45) is 2.72. The smallest absolute Gasteiger partial charge is 0.242 e.